The molecule has 2 aromatic rings. The quantitative estimate of drug-likeness (QED) is 0.296. The van der Waals surface area contributed by atoms with E-state index in [1.54, 1.807) is 12.1 Å². The largest absolute Gasteiger partial charge is 0.480 e. The van der Waals surface area contributed by atoms with Crippen LogP contribution in [0.3, 0.4) is 0 Å². The lowest BCUT2D eigenvalue weighted by atomic mass is 10.3. The number of esters is 1. The van der Waals surface area contributed by atoms with Gasteiger partial charge in [0.05, 0.1) is 16.6 Å². The Morgan fingerprint density at radius 1 is 1.27 bits per heavy atom. The number of benzene rings is 1. The summed E-state index contributed by atoms with van der Waals surface area (Å²) < 4.78 is 10.3. The van der Waals surface area contributed by atoms with E-state index in [4.69, 9.17) is 32.7 Å². The van der Waals surface area contributed by atoms with Crippen molar-refractivity contribution in [1.82, 2.24) is 4.98 Å². The molecule has 0 aliphatic carbocycles. The Bertz CT molecular complexity index is 771. The minimum Gasteiger partial charge on any atom is -0.480 e. The molecule has 1 aromatic carbocycles. The molecular weight excluding hydrogens is 385 g/mol. The molecule has 0 amide bonds. The van der Waals surface area contributed by atoms with E-state index in [1.807, 2.05) is 0 Å². The Kier molecular flexibility index (Phi) is 7.43. The first-order chi connectivity index (χ1) is 12.5. The van der Waals surface area contributed by atoms with Crippen molar-refractivity contribution < 1.29 is 19.2 Å². The maximum absolute atomic E-state index is 11.6. The Morgan fingerprint density at radius 3 is 2.73 bits per heavy atom. The second-order valence-corrected chi connectivity index (χ2v) is 5.87. The van der Waals surface area contributed by atoms with Crippen molar-refractivity contribution in [1.29, 1.82) is 0 Å². The second-order valence-electron chi connectivity index (χ2n) is 5.02. The summed E-state index contributed by atoms with van der Waals surface area (Å²) in [5, 5.41) is 14.3. The standard InChI is InChI=1S/C16H15Cl2N3O5/c17-11-2-4-14(13(18)8-11)26-10-16(22)25-7-1-6-19-15-5-3-12(9-20-15)21(23)24/h2-5,8-9H,1,6-7,10H2,(H,19,20). The van der Waals surface area contributed by atoms with Crippen LogP contribution in [0.1, 0.15) is 6.42 Å². The number of ether oxygens (including phenoxy) is 2. The zero-order chi connectivity index (χ0) is 18.9. The van der Waals surface area contributed by atoms with Crippen LogP contribution in [0.15, 0.2) is 36.5 Å². The smallest absolute Gasteiger partial charge is 0.344 e. The molecule has 26 heavy (non-hydrogen) atoms. The predicted molar refractivity (Wildman–Crippen MR) is 96.9 cm³/mol. The minimum absolute atomic E-state index is 0.0785. The van der Waals surface area contributed by atoms with E-state index < -0.39 is 10.9 Å². The van der Waals surface area contributed by atoms with E-state index in [1.165, 1.54) is 24.4 Å². The molecule has 0 fully saturated rings. The number of rotatable bonds is 9. The number of carbonyl (C=O) groups excluding carboxylic acids is 1. The van der Waals surface area contributed by atoms with E-state index in [0.717, 1.165) is 0 Å². The van der Waals surface area contributed by atoms with Crippen LogP contribution in [0.4, 0.5) is 11.5 Å². The van der Waals surface area contributed by atoms with Gasteiger partial charge in [-0.1, -0.05) is 23.2 Å². The summed E-state index contributed by atoms with van der Waals surface area (Å²) in [4.78, 5) is 25.5. The molecular formula is C16H15Cl2N3O5. The molecule has 10 heteroatoms. The predicted octanol–water partition coefficient (Wildman–Crippen LogP) is 3.72. The summed E-state index contributed by atoms with van der Waals surface area (Å²) in [6, 6.07) is 7.55. The van der Waals surface area contributed by atoms with Gasteiger partial charge in [0.1, 0.15) is 17.8 Å². The lowest BCUT2D eigenvalue weighted by Crippen LogP contribution is -2.17. The third-order valence-electron chi connectivity index (χ3n) is 3.09. The molecule has 1 N–H and O–H groups in total. The van der Waals surface area contributed by atoms with Gasteiger partial charge in [-0.3, -0.25) is 10.1 Å². The highest BCUT2D eigenvalue weighted by molar-refractivity contribution is 6.35. The highest BCUT2D eigenvalue weighted by Crippen LogP contribution is 2.27. The fraction of sp³-hybridized carbons (Fsp3) is 0.250. The highest BCUT2D eigenvalue weighted by atomic mass is 35.5. The summed E-state index contributed by atoms with van der Waals surface area (Å²) >= 11 is 11.7. The van der Waals surface area contributed by atoms with Gasteiger partial charge in [-0.25, -0.2) is 9.78 Å². The Morgan fingerprint density at radius 2 is 2.08 bits per heavy atom. The molecule has 0 saturated carbocycles. The van der Waals surface area contributed by atoms with Gasteiger partial charge < -0.3 is 14.8 Å². The number of halogens is 2. The fourth-order valence-corrected chi connectivity index (χ4v) is 2.31. The Hall–Kier alpha value is -2.58. The maximum Gasteiger partial charge on any atom is 0.344 e. The first-order valence-corrected chi connectivity index (χ1v) is 8.29. The summed E-state index contributed by atoms with van der Waals surface area (Å²) in [6.07, 6.45) is 1.70. The average Bonchev–Trinajstić information content (AvgIpc) is 2.61. The first-order valence-electron chi connectivity index (χ1n) is 7.53. The molecule has 0 radical (unpaired) electrons. The fourth-order valence-electron chi connectivity index (χ4n) is 1.84. The molecule has 1 aromatic heterocycles. The Balaban J connectivity index is 1.61. The number of aromatic nitrogens is 1. The van der Waals surface area contributed by atoms with E-state index in [-0.39, 0.29) is 18.9 Å². The highest BCUT2D eigenvalue weighted by Gasteiger charge is 2.08. The third-order valence-corrected chi connectivity index (χ3v) is 3.62. The van der Waals surface area contributed by atoms with E-state index >= 15 is 0 Å². The average molecular weight is 400 g/mol. The van der Waals surface area contributed by atoms with Crippen LogP contribution < -0.4 is 10.1 Å². The molecule has 0 atom stereocenters. The molecule has 8 nitrogen and oxygen atoms in total. The van der Waals surface area contributed by atoms with Crippen LogP contribution in [-0.2, 0) is 9.53 Å². The number of anilines is 1. The lowest BCUT2D eigenvalue weighted by molar-refractivity contribution is -0.385. The van der Waals surface area contributed by atoms with Crippen LogP contribution in [0.25, 0.3) is 0 Å². The zero-order valence-electron chi connectivity index (χ0n) is 13.5. The number of hydrogen-bond donors (Lipinski definition) is 1. The van der Waals surface area contributed by atoms with Crippen LogP contribution in [0, 0.1) is 10.1 Å². The SMILES string of the molecule is O=C(COc1ccc(Cl)cc1Cl)OCCCNc1ccc([N+](=O)[O-])cn1. The molecule has 138 valence electrons. The molecule has 1 heterocycles. The number of nitrogens with zero attached hydrogens (tertiary/aromatic N) is 2. The summed E-state index contributed by atoms with van der Waals surface area (Å²) in [5.41, 5.74) is -0.0785. The normalized spacial score (nSPS) is 10.2. The third kappa shape index (κ3) is 6.38. The molecule has 2 rings (SSSR count). The van der Waals surface area contributed by atoms with Crippen LogP contribution in [0.2, 0.25) is 10.0 Å². The molecule has 0 spiro atoms. The van der Waals surface area contributed by atoms with Crippen molar-refractivity contribution in [2.24, 2.45) is 0 Å². The van der Waals surface area contributed by atoms with E-state index in [2.05, 4.69) is 10.3 Å². The number of carbonyl (C=O) groups is 1. The van der Waals surface area contributed by atoms with Crippen LogP contribution in [0.5, 0.6) is 5.75 Å². The summed E-state index contributed by atoms with van der Waals surface area (Å²) in [5.74, 6) is 0.325. The van der Waals surface area contributed by atoms with Crippen LogP contribution in [-0.4, -0.2) is 35.6 Å². The van der Waals surface area contributed by atoms with Crippen molar-refractivity contribution in [2.75, 3.05) is 25.1 Å². The van der Waals surface area contributed by atoms with Crippen molar-refractivity contribution in [3.05, 3.63) is 56.7 Å². The summed E-state index contributed by atoms with van der Waals surface area (Å²) in [6.45, 7) is 0.414. The topological polar surface area (TPSA) is 104 Å². The monoisotopic (exact) mass is 399 g/mol. The summed E-state index contributed by atoms with van der Waals surface area (Å²) in [7, 11) is 0. The molecule has 0 unspecified atom stereocenters. The molecule has 0 aliphatic rings. The number of hydrogen-bond acceptors (Lipinski definition) is 7. The van der Waals surface area contributed by atoms with Crippen molar-refractivity contribution in [3.8, 4) is 5.75 Å². The van der Waals surface area contributed by atoms with Gasteiger partial charge in [0.2, 0.25) is 0 Å². The number of nitrogens with one attached hydrogen (secondary N) is 1. The number of pyridine rings is 1. The van der Waals surface area contributed by atoms with Crippen molar-refractivity contribution >= 4 is 40.7 Å². The second kappa shape index (κ2) is 9.79. The Labute approximate surface area is 159 Å². The van der Waals surface area contributed by atoms with Crippen molar-refractivity contribution in [3.63, 3.8) is 0 Å². The van der Waals surface area contributed by atoms with Gasteiger partial charge in [-0.15, -0.1) is 0 Å². The molecule has 0 bridgehead atoms. The van der Waals surface area contributed by atoms with E-state index in [9.17, 15) is 14.9 Å². The van der Waals surface area contributed by atoms with E-state index in [0.29, 0.717) is 34.6 Å². The van der Waals surface area contributed by atoms with Crippen molar-refractivity contribution in [2.45, 2.75) is 6.42 Å². The van der Waals surface area contributed by atoms with Gasteiger partial charge in [0.25, 0.3) is 5.69 Å². The van der Waals surface area contributed by atoms with Gasteiger partial charge in [-0.05, 0) is 30.7 Å². The number of nitro groups is 1. The maximum atomic E-state index is 11.6. The van der Waals surface area contributed by atoms with Crippen LogP contribution >= 0.6 is 23.2 Å². The molecule has 0 aliphatic heterocycles. The lowest BCUT2D eigenvalue weighted by Gasteiger charge is -2.09. The minimum atomic E-state index is -0.524. The first kappa shape index (κ1) is 19.7. The molecule has 0 saturated heterocycles. The zero-order valence-corrected chi connectivity index (χ0v) is 15.0. The van der Waals surface area contributed by atoms with Gasteiger partial charge in [-0.2, -0.15) is 0 Å². The van der Waals surface area contributed by atoms with Gasteiger partial charge in [0.15, 0.2) is 6.61 Å². The van der Waals surface area contributed by atoms with Gasteiger partial charge >= 0.3 is 5.97 Å². The van der Waals surface area contributed by atoms with Gasteiger partial charge in [0, 0.05) is 17.6 Å².